The standard InChI is InChI=1S/C17H15N3O3S/c18-17(21)16-14(10-20-8-7-19-9-15(16)20)11-1-3-12(4-2-11)24(22,23)13-5-6-13/h1-4,7-10,13H,5-6H2,(H2,18,21). The molecule has 0 bridgehead atoms. The Morgan fingerprint density at radius 3 is 2.54 bits per heavy atom. The van der Waals surface area contributed by atoms with Crippen molar-refractivity contribution in [2.75, 3.05) is 0 Å². The van der Waals surface area contributed by atoms with E-state index in [0.717, 1.165) is 18.4 Å². The van der Waals surface area contributed by atoms with Crippen molar-refractivity contribution >= 4 is 21.3 Å². The van der Waals surface area contributed by atoms with Crippen molar-refractivity contribution in [3.05, 3.63) is 54.6 Å². The third-order valence-corrected chi connectivity index (χ3v) is 6.56. The van der Waals surface area contributed by atoms with Gasteiger partial charge in [-0.25, -0.2) is 8.42 Å². The molecule has 1 saturated carbocycles. The number of aromatic nitrogens is 2. The second-order valence-electron chi connectivity index (χ2n) is 5.92. The van der Waals surface area contributed by atoms with Crippen LogP contribution >= 0.6 is 0 Å². The maximum Gasteiger partial charge on any atom is 0.251 e. The highest BCUT2D eigenvalue weighted by molar-refractivity contribution is 7.92. The number of nitrogens with two attached hydrogens (primary N) is 1. The first-order valence-corrected chi connectivity index (χ1v) is 9.12. The van der Waals surface area contributed by atoms with E-state index in [-0.39, 0.29) is 5.25 Å². The van der Waals surface area contributed by atoms with Crippen LogP contribution in [0.3, 0.4) is 0 Å². The molecule has 1 fully saturated rings. The predicted molar refractivity (Wildman–Crippen MR) is 89.4 cm³/mol. The van der Waals surface area contributed by atoms with E-state index in [1.54, 1.807) is 53.5 Å². The van der Waals surface area contributed by atoms with E-state index in [4.69, 9.17) is 5.73 Å². The van der Waals surface area contributed by atoms with Gasteiger partial charge in [0, 0.05) is 24.2 Å². The molecule has 1 aliphatic carbocycles. The second-order valence-corrected chi connectivity index (χ2v) is 8.15. The highest BCUT2D eigenvalue weighted by Crippen LogP contribution is 2.35. The van der Waals surface area contributed by atoms with E-state index in [2.05, 4.69) is 4.98 Å². The number of fused-ring (bicyclic) bond motifs is 1. The lowest BCUT2D eigenvalue weighted by atomic mass is 10.0. The van der Waals surface area contributed by atoms with Gasteiger partial charge in [0.15, 0.2) is 9.84 Å². The zero-order valence-corrected chi connectivity index (χ0v) is 13.5. The average molecular weight is 341 g/mol. The third-order valence-electron chi connectivity index (χ3n) is 4.29. The van der Waals surface area contributed by atoms with Crippen molar-refractivity contribution in [3.63, 3.8) is 0 Å². The lowest BCUT2D eigenvalue weighted by molar-refractivity contribution is 0.100. The van der Waals surface area contributed by atoms with Crippen molar-refractivity contribution in [2.24, 2.45) is 5.73 Å². The summed E-state index contributed by atoms with van der Waals surface area (Å²) >= 11 is 0. The maximum absolute atomic E-state index is 12.3. The molecule has 0 atom stereocenters. The van der Waals surface area contributed by atoms with Crippen LogP contribution in [0.1, 0.15) is 23.2 Å². The van der Waals surface area contributed by atoms with E-state index in [0.29, 0.717) is 21.5 Å². The van der Waals surface area contributed by atoms with Crippen molar-refractivity contribution in [1.82, 2.24) is 9.38 Å². The fraction of sp³-hybridized carbons (Fsp3) is 0.176. The van der Waals surface area contributed by atoms with Crippen LogP contribution in [0.25, 0.3) is 16.6 Å². The number of sulfone groups is 1. The van der Waals surface area contributed by atoms with Crippen molar-refractivity contribution in [2.45, 2.75) is 23.0 Å². The molecule has 2 heterocycles. The first-order valence-electron chi connectivity index (χ1n) is 7.57. The zero-order chi connectivity index (χ0) is 16.9. The lowest BCUT2D eigenvalue weighted by Crippen LogP contribution is -2.11. The molecule has 1 amide bonds. The maximum atomic E-state index is 12.3. The van der Waals surface area contributed by atoms with E-state index in [1.165, 1.54) is 0 Å². The van der Waals surface area contributed by atoms with E-state index in [9.17, 15) is 13.2 Å². The smallest absolute Gasteiger partial charge is 0.251 e. The largest absolute Gasteiger partial charge is 0.366 e. The molecule has 2 aromatic heterocycles. The summed E-state index contributed by atoms with van der Waals surface area (Å²) in [4.78, 5) is 16.2. The topological polar surface area (TPSA) is 94.5 Å². The number of hydrogen-bond acceptors (Lipinski definition) is 4. The van der Waals surface area contributed by atoms with Gasteiger partial charge in [-0.1, -0.05) is 12.1 Å². The van der Waals surface area contributed by atoms with Gasteiger partial charge in [-0.05, 0) is 30.5 Å². The first-order chi connectivity index (χ1) is 11.5. The molecule has 122 valence electrons. The zero-order valence-electron chi connectivity index (χ0n) is 12.7. The van der Waals surface area contributed by atoms with Gasteiger partial charge in [0.1, 0.15) is 0 Å². The minimum atomic E-state index is -3.22. The van der Waals surface area contributed by atoms with Gasteiger partial charge in [0.05, 0.1) is 27.4 Å². The van der Waals surface area contributed by atoms with E-state index in [1.807, 2.05) is 0 Å². The van der Waals surface area contributed by atoms with Crippen LogP contribution in [-0.2, 0) is 9.84 Å². The summed E-state index contributed by atoms with van der Waals surface area (Å²) < 4.78 is 26.3. The number of amides is 1. The van der Waals surface area contributed by atoms with Crippen LogP contribution in [0.15, 0.2) is 53.9 Å². The van der Waals surface area contributed by atoms with E-state index >= 15 is 0 Å². The van der Waals surface area contributed by atoms with Crippen LogP contribution < -0.4 is 5.73 Å². The van der Waals surface area contributed by atoms with Gasteiger partial charge in [-0.3, -0.25) is 9.78 Å². The van der Waals surface area contributed by atoms with Crippen LogP contribution in [0.5, 0.6) is 0 Å². The molecule has 2 N–H and O–H groups in total. The van der Waals surface area contributed by atoms with Crippen LogP contribution in [0.4, 0.5) is 0 Å². The van der Waals surface area contributed by atoms with Crippen LogP contribution in [0.2, 0.25) is 0 Å². The normalized spacial score (nSPS) is 14.8. The molecule has 0 spiro atoms. The summed E-state index contributed by atoms with van der Waals surface area (Å²) in [6.45, 7) is 0. The Labute approximate surface area is 138 Å². The molecule has 0 unspecified atom stereocenters. The highest BCUT2D eigenvalue weighted by atomic mass is 32.2. The van der Waals surface area contributed by atoms with Crippen molar-refractivity contribution in [3.8, 4) is 11.1 Å². The second kappa shape index (κ2) is 5.17. The molecule has 0 radical (unpaired) electrons. The minimum absolute atomic E-state index is 0.243. The third kappa shape index (κ3) is 2.28. The fourth-order valence-electron chi connectivity index (χ4n) is 2.89. The van der Waals surface area contributed by atoms with Gasteiger partial charge in [0.25, 0.3) is 5.91 Å². The van der Waals surface area contributed by atoms with Gasteiger partial charge < -0.3 is 10.1 Å². The summed E-state index contributed by atoms with van der Waals surface area (Å²) in [5.74, 6) is -0.546. The van der Waals surface area contributed by atoms with Crippen LogP contribution in [0, 0.1) is 0 Å². The van der Waals surface area contributed by atoms with E-state index < -0.39 is 15.7 Å². The molecular weight excluding hydrogens is 326 g/mol. The Morgan fingerprint density at radius 1 is 1.21 bits per heavy atom. The van der Waals surface area contributed by atoms with Gasteiger partial charge in [0.2, 0.25) is 0 Å². The number of carbonyl (C=O) groups is 1. The molecule has 1 aliphatic rings. The lowest BCUT2D eigenvalue weighted by Gasteiger charge is -2.05. The van der Waals surface area contributed by atoms with Gasteiger partial charge in [-0.2, -0.15) is 0 Å². The summed E-state index contributed by atoms with van der Waals surface area (Å²) in [7, 11) is -3.22. The quantitative estimate of drug-likeness (QED) is 0.785. The molecular formula is C17H15N3O3S. The Hall–Kier alpha value is -2.67. The molecule has 6 nitrogen and oxygen atoms in total. The predicted octanol–water partition coefficient (Wildman–Crippen LogP) is 2.04. The highest BCUT2D eigenvalue weighted by Gasteiger charge is 2.36. The molecule has 0 aliphatic heterocycles. The summed E-state index contributed by atoms with van der Waals surface area (Å²) in [6.07, 6.45) is 8.18. The molecule has 7 heteroatoms. The van der Waals surface area contributed by atoms with Crippen molar-refractivity contribution < 1.29 is 13.2 Å². The number of rotatable bonds is 4. The SMILES string of the molecule is NC(=O)c1c(-c2ccc(S(=O)(=O)C3CC3)cc2)cn2ccncc12. The average Bonchev–Trinajstić information content (AvgIpc) is 3.35. The monoisotopic (exact) mass is 341 g/mol. The Kier molecular flexibility index (Phi) is 3.21. The molecule has 1 aromatic carbocycles. The fourth-order valence-corrected chi connectivity index (χ4v) is 4.55. The molecule has 24 heavy (non-hydrogen) atoms. The first kappa shape index (κ1) is 14.9. The number of benzene rings is 1. The summed E-state index contributed by atoms with van der Waals surface area (Å²) in [6, 6.07) is 6.61. The number of hydrogen-bond donors (Lipinski definition) is 1. The summed E-state index contributed by atoms with van der Waals surface area (Å²) in [5, 5.41) is -0.243. The molecule has 4 rings (SSSR count). The Morgan fingerprint density at radius 2 is 1.92 bits per heavy atom. The number of primary amides is 1. The van der Waals surface area contributed by atoms with Crippen LogP contribution in [-0.4, -0.2) is 29.0 Å². The Bertz CT molecular complexity index is 1050. The molecule has 0 saturated heterocycles. The van der Waals surface area contributed by atoms with Crippen molar-refractivity contribution in [1.29, 1.82) is 0 Å². The van der Waals surface area contributed by atoms with Gasteiger partial charge >= 0.3 is 0 Å². The Balaban J connectivity index is 1.83. The summed E-state index contributed by atoms with van der Waals surface area (Å²) in [5.41, 5.74) is 7.93. The number of nitrogens with zero attached hydrogens (tertiary/aromatic N) is 2. The minimum Gasteiger partial charge on any atom is -0.366 e. The molecule has 3 aromatic rings. The number of carbonyl (C=O) groups excluding carboxylic acids is 1. The van der Waals surface area contributed by atoms with Gasteiger partial charge in [-0.15, -0.1) is 0 Å².